The van der Waals surface area contributed by atoms with Gasteiger partial charge in [-0.25, -0.2) is 0 Å². The van der Waals surface area contributed by atoms with Crippen LogP contribution >= 0.6 is 11.6 Å². The molecular formula is C15H20ClN3O. The van der Waals surface area contributed by atoms with Crippen LogP contribution in [0.5, 0.6) is 0 Å². The molecule has 2 aliphatic rings. The summed E-state index contributed by atoms with van der Waals surface area (Å²) in [6, 6.07) is 5.76. The Morgan fingerprint density at radius 1 is 1.25 bits per heavy atom. The van der Waals surface area contributed by atoms with Crippen molar-refractivity contribution in [1.29, 1.82) is 0 Å². The quantitative estimate of drug-likeness (QED) is 0.851. The highest BCUT2D eigenvalue weighted by Gasteiger charge is 2.32. The van der Waals surface area contributed by atoms with Gasteiger partial charge in [0.15, 0.2) is 0 Å². The second kappa shape index (κ2) is 5.62. The number of hydrogen-bond donors (Lipinski definition) is 1. The topological polar surface area (TPSA) is 49.6 Å². The molecule has 0 aliphatic carbocycles. The summed E-state index contributed by atoms with van der Waals surface area (Å²) in [5.41, 5.74) is 6.84. The van der Waals surface area contributed by atoms with Crippen molar-refractivity contribution in [3.05, 3.63) is 28.8 Å². The number of halogens is 1. The number of amides is 1. The van der Waals surface area contributed by atoms with Gasteiger partial charge < -0.3 is 10.6 Å². The van der Waals surface area contributed by atoms with E-state index < -0.39 is 0 Å². The summed E-state index contributed by atoms with van der Waals surface area (Å²) < 4.78 is 0. The monoisotopic (exact) mass is 293 g/mol. The molecule has 0 aromatic heterocycles. The third-order valence-electron chi connectivity index (χ3n) is 4.39. The van der Waals surface area contributed by atoms with Crippen molar-refractivity contribution in [2.75, 3.05) is 31.9 Å². The Morgan fingerprint density at radius 2 is 2.00 bits per heavy atom. The fraction of sp³-hybridized carbons (Fsp3) is 0.533. The lowest BCUT2D eigenvalue weighted by molar-refractivity contribution is 0.0781. The van der Waals surface area contributed by atoms with E-state index in [4.69, 9.17) is 17.3 Å². The van der Waals surface area contributed by atoms with Crippen LogP contribution in [-0.4, -0.2) is 47.9 Å². The van der Waals surface area contributed by atoms with Crippen molar-refractivity contribution >= 4 is 23.2 Å². The summed E-state index contributed by atoms with van der Waals surface area (Å²) in [5, 5.41) is 0.450. The number of nitrogen functional groups attached to an aromatic ring is 1. The molecule has 0 saturated carbocycles. The van der Waals surface area contributed by atoms with Gasteiger partial charge >= 0.3 is 0 Å². The largest absolute Gasteiger partial charge is 0.397 e. The fourth-order valence-corrected chi connectivity index (χ4v) is 3.40. The van der Waals surface area contributed by atoms with Crippen molar-refractivity contribution in [2.24, 2.45) is 0 Å². The molecule has 2 saturated heterocycles. The van der Waals surface area contributed by atoms with E-state index in [9.17, 15) is 4.79 Å². The summed E-state index contributed by atoms with van der Waals surface area (Å²) >= 11 is 5.99. The number of rotatable bonds is 2. The molecule has 1 atom stereocenters. The van der Waals surface area contributed by atoms with E-state index >= 15 is 0 Å². The maximum absolute atomic E-state index is 12.5. The van der Waals surface area contributed by atoms with Gasteiger partial charge in [0, 0.05) is 19.1 Å². The molecule has 2 N–H and O–H groups in total. The molecule has 1 unspecified atom stereocenters. The van der Waals surface area contributed by atoms with Crippen LogP contribution in [0.15, 0.2) is 18.2 Å². The molecule has 20 heavy (non-hydrogen) atoms. The van der Waals surface area contributed by atoms with Crippen LogP contribution in [0.2, 0.25) is 5.02 Å². The van der Waals surface area contributed by atoms with E-state index in [1.807, 2.05) is 4.90 Å². The Bertz CT molecular complexity index is 514. The number of carbonyl (C=O) groups is 1. The second-order valence-electron chi connectivity index (χ2n) is 5.64. The molecule has 1 aromatic rings. The Morgan fingerprint density at radius 3 is 2.75 bits per heavy atom. The number of hydrogen-bond acceptors (Lipinski definition) is 3. The minimum absolute atomic E-state index is 0.00620. The SMILES string of the molecule is Nc1c(Cl)cccc1C(=O)N1CCC(N2CCCC2)C1. The maximum atomic E-state index is 12.5. The molecule has 3 rings (SSSR count). The van der Waals surface area contributed by atoms with Crippen LogP contribution < -0.4 is 5.73 Å². The van der Waals surface area contributed by atoms with E-state index in [1.54, 1.807) is 18.2 Å². The summed E-state index contributed by atoms with van der Waals surface area (Å²) in [4.78, 5) is 17.0. The van der Waals surface area contributed by atoms with Crippen molar-refractivity contribution in [3.63, 3.8) is 0 Å². The number of anilines is 1. The van der Waals surface area contributed by atoms with Gasteiger partial charge in [-0.1, -0.05) is 17.7 Å². The Labute approximate surface area is 124 Å². The number of benzene rings is 1. The van der Waals surface area contributed by atoms with Crippen LogP contribution in [0.1, 0.15) is 29.6 Å². The van der Waals surface area contributed by atoms with Crippen molar-refractivity contribution < 1.29 is 4.79 Å². The lowest BCUT2D eigenvalue weighted by Crippen LogP contribution is -2.37. The van der Waals surface area contributed by atoms with Crippen LogP contribution in [-0.2, 0) is 0 Å². The molecule has 2 aliphatic heterocycles. The molecule has 4 nitrogen and oxygen atoms in total. The van der Waals surface area contributed by atoms with Crippen molar-refractivity contribution in [1.82, 2.24) is 9.80 Å². The van der Waals surface area contributed by atoms with Gasteiger partial charge in [0.25, 0.3) is 5.91 Å². The lowest BCUT2D eigenvalue weighted by atomic mass is 10.1. The number of para-hydroxylation sites is 1. The third kappa shape index (κ3) is 2.50. The zero-order valence-corrected chi connectivity index (χ0v) is 12.3. The van der Waals surface area contributed by atoms with Crippen LogP contribution in [0.25, 0.3) is 0 Å². The predicted octanol–water partition coefficient (Wildman–Crippen LogP) is 2.23. The molecular weight excluding hydrogens is 274 g/mol. The van der Waals surface area contributed by atoms with Gasteiger partial charge in [-0.2, -0.15) is 0 Å². The highest BCUT2D eigenvalue weighted by molar-refractivity contribution is 6.33. The first kappa shape index (κ1) is 13.7. The molecule has 1 aromatic carbocycles. The Kier molecular flexibility index (Phi) is 3.85. The minimum atomic E-state index is 0.00620. The standard InChI is InChI=1S/C15H20ClN3O/c16-13-5-3-4-12(14(13)17)15(20)19-9-6-11(10-19)18-7-1-2-8-18/h3-5,11H,1-2,6-10,17H2. The third-order valence-corrected chi connectivity index (χ3v) is 4.72. The molecule has 0 spiro atoms. The summed E-state index contributed by atoms with van der Waals surface area (Å²) in [6.45, 7) is 3.97. The van der Waals surface area contributed by atoms with Crippen molar-refractivity contribution in [3.8, 4) is 0 Å². The van der Waals surface area contributed by atoms with Crippen LogP contribution in [0, 0.1) is 0 Å². The van der Waals surface area contributed by atoms with E-state index in [1.165, 1.54) is 25.9 Å². The molecule has 5 heteroatoms. The number of nitrogens with two attached hydrogens (primary N) is 1. The van der Waals surface area contributed by atoms with Gasteiger partial charge in [0.1, 0.15) is 0 Å². The first-order valence-corrected chi connectivity index (χ1v) is 7.62. The Balaban J connectivity index is 1.70. The predicted molar refractivity (Wildman–Crippen MR) is 81.0 cm³/mol. The minimum Gasteiger partial charge on any atom is -0.397 e. The smallest absolute Gasteiger partial charge is 0.256 e. The first-order chi connectivity index (χ1) is 9.66. The van der Waals surface area contributed by atoms with E-state index in [0.29, 0.717) is 22.3 Å². The first-order valence-electron chi connectivity index (χ1n) is 7.24. The molecule has 0 radical (unpaired) electrons. The zero-order chi connectivity index (χ0) is 14.1. The summed E-state index contributed by atoms with van der Waals surface area (Å²) in [7, 11) is 0. The maximum Gasteiger partial charge on any atom is 0.256 e. The molecule has 2 fully saturated rings. The average Bonchev–Trinajstić information content (AvgIpc) is 3.11. The van der Waals surface area contributed by atoms with E-state index in [-0.39, 0.29) is 5.91 Å². The van der Waals surface area contributed by atoms with Crippen LogP contribution in [0.4, 0.5) is 5.69 Å². The van der Waals surface area contributed by atoms with Gasteiger partial charge in [-0.05, 0) is 44.5 Å². The highest BCUT2D eigenvalue weighted by Crippen LogP contribution is 2.26. The van der Waals surface area contributed by atoms with Gasteiger partial charge in [-0.3, -0.25) is 9.69 Å². The molecule has 0 bridgehead atoms. The van der Waals surface area contributed by atoms with Gasteiger partial charge in [-0.15, -0.1) is 0 Å². The van der Waals surface area contributed by atoms with E-state index in [0.717, 1.165) is 19.5 Å². The summed E-state index contributed by atoms with van der Waals surface area (Å²) in [5.74, 6) is 0.00620. The zero-order valence-electron chi connectivity index (χ0n) is 11.5. The Hall–Kier alpha value is -1.26. The van der Waals surface area contributed by atoms with Crippen LogP contribution in [0.3, 0.4) is 0 Å². The summed E-state index contributed by atoms with van der Waals surface area (Å²) in [6.07, 6.45) is 3.63. The second-order valence-corrected chi connectivity index (χ2v) is 6.05. The number of carbonyl (C=O) groups excluding carboxylic acids is 1. The van der Waals surface area contributed by atoms with Crippen molar-refractivity contribution in [2.45, 2.75) is 25.3 Å². The molecule has 2 heterocycles. The van der Waals surface area contributed by atoms with E-state index in [2.05, 4.69) is 4.90 Å². The van der Waals surface area contributed by atoms with Gasteiger partial charge in [0.2, 0.25) is 0 Å². The number of likely N-dealkylation sites (tertiary alicyclic amines) is 2. The molecule has 1 amide bonds. The lowest BCUT2D eigenvalue weighted by Gasteiger charge is -2.24. The average molecular weight is 294 g/mol. The fourth-order valence-electron chi connectivity index (χ4n) is 3.22. The number of nitrogens with zero attached hydrogens (tertiary/aromatic N) is 2. The highest BCUT2D eigenvalue weighted by atomic mass is 35.5. The van der Waals surface area contributed by atoms with Gasteiger partial charge in [0.05, 0.1) is 16.3 Å². The normalized spacial score (nSPS) is 23.4. The molecule has 108 valence electrons.